The Morgan fingerprint density at radius 1 is 0.970 bits per heavy atom. The minimum Gasteiger partial charge on any atom is -0.508 e. The fraction of sp³-hybridized carbons (Fsp3) is 0.185. The maximum absolute atomic E-state index is 13.2. The van der Waals surface area contributed by atoms with Crippen LogP contribution in [-0.2, 0) is 9.59 Å². The fourth-order valence-electron chi connectivity index (χ4n) is 3.96. The van der Waals surface area contributed by atoms with Gasteiger partial charge in [-0.2, -0.15) is 0 Å². The molecule has 0 spiro atoms. The first-order valence-corrected chi connectivity index (χ1v) is 10.7. The predicted octanol–water partition coefficient (Wildman–Crippen LogP) is 5.11. The molecule has 1 saturated heterocycles. The zero-order valence-electron chi connectivity index (χ0n) is 18.6. The highest BCUT2D eigenvalue weighted by Gasteiger charge is 2.47. The van der Waals surface area contributed by atoms with E-state index in [1.54, 1.807) is 48.5 Å². The molecule has 0 aromatic heterocycles. The van der Waals surface area contributed by atoms with Crippen LogP contribution in [0.2, 0.25) is 0 Å². The SMILES string of the molecule is Cc1ccc(N2C(=O)C(=O)/C(=C(\O)c3cccc(OC(C)C)c3)C2c2cccc(O)c2)cc1. The first-order chi connectivity index (χ1) is 15.8. The summed E-state index contributed by atoms with van der Waals surface area (Å²) in [5.41, 5.74) is 2.34. The highest BCUT2D eigenvalue weighted by atomic mass is 16.5. The third kappa shape index (κ3) is 4.32. The number of hydrogen-bond donors (Lipinski definition) is 2. The van der Waals surface area contributed by atoms with Gasteiger partial charge in [-0.3, -0.25) is 14.5 Å². The molecule has 0 radical (unpaired) electrons. The van der Waals surface area contributed by atoms with Gasteiger partial charge in [-0.15, -0.1) is 0 Å². The molecule has 1 aliphatic rings. The Balaban J connectivity index is 1.91. The van der Waals surface area contributed by atoms with E-state index in [9.17, 15) is 19.8 Å². The van der Waals surface area contributed by atoms with E-state index in [1.165, 1.54) is 17.0 Å². The number of amides is 1. The van der Waals surface area contributed by atoms with Gasteiger partial charge in [0, 0.05) is 11.3 Å². The molecule has 0 saturated carbocycles. The Labute approximate surface area is 192 Å². The average molecular weight is 443 g/mol. The number of hydrogen-bond acceptors (Lipinski definition) is 5. The quantitative estimate of drug-likeness (QED) is 0.325. The van der Waals surface area contributed by atoms with E-state index in [0.29, 0.717) is 22.6 Å². The number of ether oxygens (including phenoxy) is 1. The molecule has 1 heterocycles. The van der Waals surface area contributed by atoms with Crippen molar-refractivity contribution >= 4 is 23.1 Å². The van der Waals surface area contributed by atoms with E-state index in [1.807, 2.05) is 32.9 Å². The van der Waals surface area contributed by atoms with Crippen LogP contribution in [0, 0.1) is 6.92 Å². The molecule has 2 N–H and O–H groups in total. The summed E-state index contributed by atoms with van der Waals surface area (Å²) in [7, 11) is 0. The summed E-state index contributed by atoms with van der Waals surface area (Å²) in [4.78, 5) is 27.7. The molecule has 0 aliphatic carbocycles. The smallest absolute Gasteiger partial charge is 0.300 e. The van der Waals surface area contributed by atoms with Crippen LogP contribution in [0.15, 0.2) is 78.4 Å². The van der Waals surface area contributed by atoms with Gasteiger partial charge in [-0.25, -0.2) is 0 Å². The van der Waals surface area contributed by atoms with Crippen molar-refractivity contribution in [1.82, 2.24) is 0 Å². The monoisotopic (exact) mass is 443 g/mol. The van der Waals surface area contributed by atoms with Crippen LogP contribution in [0.3, 0.4) is 0 Å². The van der Waals surface area contributed by atoms with E-state index in [4.69, 9.17) is 4.74 Å². The molecule has 33 heavy (non-hydrogen) atoms. The van der Waals surface area contributed by atoms with E-state index in [2.05, 4.69) is 0 Å². The zero-order valence-corrected chi connectivity index (χ0v) is 18.6. The summed E-state index contributed by atoms with van der Waals surface area (Å²) in [6, 6.07) is 19.4. The molecule has 3 aromatic carbocycles. The molecular formula is C27H25NO5. The highest BCUT2D eigenvalue weighted by molar-refractivity contribution is 6.51. The van der Waals surface area contributed by atoms with Crippen LogP contribution in [-0.4, -0.2) is 28.0 Å². The summed E-state index contributed by atoms with van der Waals surface area (Å²) in [5.74, 6) is -1.31. The topological polar surface area (TPSA) is 87.1 Å². The number of benzene rings is 3. The number of aliphatic hydroxyl groups is 1. The van der Waals surface area contributed by atoms with E-state index in [0.717, 1.165) is 5.56 Å². The van der Waals surface area contributed by atoms with Crippen molar-refractivity contribution < 1.29 is 24.5 Å². The molecule has 1 aliphatic heterocycles. The van der Waals surface area contributed by atoms with Crippen molar-refractivity contribution in [2.24, 2.45) is 0 Å². The Hall–Kier alpha value is -4.06. The maximum atomic E-state index is 13.2. The average Bonchev–Trinajstić information content (AvgIpc) is 3.04. The minimum absolute atomic E-state index is 0.00525. The van der Waals surface area contributed by atoms with Crippen molar-refractivity contribution in [3.8, 4) is 11.5 Å². The summed E-state index contributed by atoms with van der Waals surface area (Å²) in [5, 5.41) is 21.3. The van der Waals surface area contributed by atoms with Crippen molar-refractivity contribution in [2.75, 3.05) is 4.90 Å². The van der Waals surface area contributed by atoms with Crippen LogP contribution in [0.5, 0.6) is 11.5 Å². The molecule has 6 heteroatoms. The zero-order chi connectivity index (χ0) is 23.7. The second kappa shape index (κ2) is 8.82. The van der Waals surface area contributed by atoms with Gasteiger partial charge in [0.15, 0.2) is 0 Å². The Morgan fingerprint density at radius 2 is 1.67 bits per heavy atom. The lowest BCUT2D eigenvalue weighted by atomic mass is 9.95. The molecule has 0 bridgehead atoms. The molecular weight excluding hydrogens is 418 g/mol. The third-order valence-corrected chi connectivity index (χ3v) is 5.42. The number of nitrogens with zero attached hydrogens (tertiary/aromatic N) is 1. The number of carbonyl (C=O) groups excluding carboxylic acids is 2. The van der Waals surface area contributed by atoms with Gasteiger partial charge in [0.25, 0.3) is 11.7 Å². The van der Waals surface area contributed by atoms with Crippen LogP contribution >= 0.6 is 0 Å². The molecule has 1 amide bonds. The van der Waals surface area contributed by atoms with Gasteiger partial charge < -0.3 is 14.9 Å². The lowest BCUT2D eigenvalue weighted by Crippen LogP contribution is -2.29. The lowest BCUT2D eigenvalue weighted by molar-refractivity contribution is -0.132. The number of anilines is 1. The van der Waals surface area contributed by atoms with Crippen molar-refractivity contribution in [3.05, 3.63) is 95.1 Å². The number of carbonyl (C=O) groups is 2. The Kier molecular flexibility index (Phi) is 5.92. The number of Topliss-reactive ketones (excluding diaryl/α,β-unsaturated/α-hetero) is 1. The van der Waals surface area contributed by atoms with E-state index < -0.39 is 17.7 Å². The van der Waals surface area contributed by atoms with Crippen molar-refractivity contribution in [3.63, 3.8) is 0 Å². The van der Waals surface area contributed by atoms with Crippen LogP contribution in [0.25, 0.3) is 5.76 Å². The van der Waals surface area contributed by atoms with Gasteiger partial charge in [0.1, 0.15) is 17.3 Å². The van der Waals surface area contributed by atoms with Crippen LogP contribution < -0.4 is 9.64 Å². The van der Waals surface area contributed by atoms with E-state index in [-0.39, 0.29) is 23.2 Å². The second-order valence-corrected chi connectivity index (χ2v) is 8.29. The Bertz CT molecular complexity index is 1240. The normalized spacial score (nSPS) is 17.6. The van der Waals surface area contributed by atoms with Crippen molar-refractivity contribution in [1.29, 1.82) is 0 Å². The predicted molar refractivity (Wildman–Crippen MR) is 126 cm³/mol. The summed E-state index contributed by atoms with van der Waals surface area (Å²) < 4.78 is 5.72. The molecule has 1 unspecified atom stereocenters. The molecule has 1 fully saturated rings. The summed E-state index contributed by atoms with van der Waals surface area (Å²) >= 11 is 0. The van der Waals surface area contributed by atoms with Crippen molar-refractivity contribution in [2.45, 2.75) is 32.9 Å². The first kappa shape index (κ1) is 22.1. The molecule has 6 nitrogen and oxygen atoms in total. The first-order valence-electron chi connectivity index (χ1n) is 10.7. The second-order valence-electron chi connectivity index (χ2n) is 8.29. The summed E-state index contributed by atoms with van der Waals surface area (Å²) in [6.07, 6.45) is -0.0678. The van der Waals surface area contributed by atoms with Gasteiger partial charge in [0.05, 0.1) is 17.7 Å². The number of phenols is 1. The van der Waals surface area contributed by atoms with Gasteiger partial charge in [-0.1, -0.05) is 42.0 Å². The Morgan fingerprint density at radius 3 is 2.33 bits per heavy atom. The summed E-state index contributed by atoms with van der Waals surface area (Å²) in [6.45, 7) is 5.71. The van der Waals surface area contributed by atoms with Crippen LogP contribution in [0.4, 0.5) is 5.69 Å². The van der Waals surface area contributed by atoms with Gasteiger partial charge in [0.2, 0.25) is 0 Å². The molecule has 168 valence electrons. The minimum atomic E-state index is -0.908. The highest BCUT2D eigenvalue weighted by Crippen LogP contribution is 2.43. The fourth-order valence-corrected chi connectivity index (χ4v) is 3.96. The maximum Gasteiger partial charge on any atom is 0.300 e. The number of aliphatic hydroxyl groups excluding tert-OH is 1. The number of rotatable bonds is 5. The van der Waals surface area contributed by atoms with Gasteiger partial charge in [-0.05, 0) is 62.7 Å². The third-order valence-electron chi connectivity index (χ3n) is 5.42. The molecule has 3 aromatic rings. The van der Waals surface area contributed by atoms with Crippen LogP contribution in [0.1, 0.15) is 36.6 Å². The number of phenolic OH excluding ortho intramolecular Hbond substituents is 1. The number of aryl methyl sites for hydroxylation is 1. The standard InChI is InChI=1S/C27H25NO5/c1-16(2)33-22-9-5-7-19(15-22)25(30)23-24(18-6-4-8-21(29)14-18)28(27(32)26(23)31)20-12-10-17(3)11-13-20/h4-16,24,29-30H,1-3H3/b25-23-. The number of ketones is 1. The van der Waals surface area contributed by atoms with Gasteiger partial charge >= 0.3 is 0 Å². The molecule has 1 atom stereocenters. The van der Waals surface area contributed by atoms with E-state index >= 15 is 0 Å². The lowest BCUT2D eigenvalue weighted by Gasteiger charge is -2.25. The number of aromatic hydroxyl groups is 1. The largest absolute Gasteiger partial charge is 0.508 e. The molecule has 4 rings (SSSR count).